The van der Waals surface area contributed by atoms with Crippen molar-refractivity contribution in [3.63, 3.8) is 0 Å². The van der Waals surface area contributed by atoms with Gasteiger partial charge >= 0.3 is 6.03 Å². The molecule has 2 rings (SSSR count). The molecular formula is C11H21N3O2. The number of carbonyl (C=O) groups excluding carboxylic acids is 1. The van der Waals surface area contributed by atoms with Gasteiger partial charge in [-0.3, -0.25) is 0 Å². The largest absolute Gasteiger partial charge is 0.373 e. The lowest BCUT2D eigenvalue weighted by Gasteiger charge is -2.35. The van der Waals surface area contributed by atoms with Gasteiger partial charge in [0.2, 0.25) is 0 Å². The van der Waals surface area contributed by atoms with Crippen molar-refractivity contribution >= 4 is 6.03 Å². The van der Waals surface area contributed by atoms with E-state index in [4.69, 9.17) is 4.74 Å². The third-order valence-corrected chi connectivity index (χ3v) is 3.22. The molecule has 1 unspecified atom stereocenters. The molecular weight excluding hydrogens is 206 g/mol. The number of nitrogens with one attached hydrogen (secondary N) is 1. The van der Waals surface area contributed by atoms with Crippen LogP contribution in [0.3, 0.4) is 0 Å². The van der Waals surface area contributed by atoms with E-state index in [0.717, 1.165) is 45.6 Å². The lowest BCUT2D eigenvalue weighted by molar-refractivity contribution is -0.0163. The highest BCUT2D eigenvalue weighted by Crippen LogP contribution is 2.13. The highest BCUT2D eigenvalue weighted by Gasteiger charge is 2.28. The number of likely N-dealkylation sites (N-methyl/N-ethyl adjacent to an activating group) is 1. The van der Waals surface area contributed by atoms with Crippen LogP contribution in [0.2, 0.25) is 0 Å². The normalized spacial score (nSPS) is 26.2. The molecule has 0 aromatic carbocycles. The van der Waals surface area contributed by atoms with Gasteiger partial charge in [-0.1, -0.05) is 0 Å². The lowest BCUT2D eigenvalue weighted by Crippen LogP contribution is -2.52. The highest BCUT2D eigenvalue weighted by molar-refractivity contribution is 5.74. The van der Waals surface area contributed by atoms with Gasteiger partial charge in [0.1, 0.15) is 0 Å². The van der Waals surface area contributed by atoms with Crippen LogP contribution in [0, 0.1) is 0 Å². The Balaban J connectivity index is 1.85. The van der Waals surface area contributed by atoms with Gasteiger partial charge in [-0.25, -0.2) is 4.79 Å². The summed E-state index contributed by atoms with van der Waals surface area (Å²) in [4.78, 5) is 16.0. The second-order valence-corrected chi connectivity index (χ2v) is 4.47. The summed E-state index contributed by atoms with van der Waals surface area (Å²) in [5, 5.41) is 3.09. The molecule has 2 amide bonds. The summed E-state index contributed by atoms with van der Waals surface area (Å²) in [5.74, 6) is 0. The number of carbonyl (C=O) groups is 1. The van der Waals surface area contributed by atoms with Gasteiger partial charge in [-0.15, -0.1) is 0 Å². The minimum absolute atomic E-state index is 0.144. The summed E-state index contributed by atoms with van der Waals surface area (Å²) in [7, 11) is 1.91. The predicted octanol–water partition coefficient (Wildman–Crippen LogP) is 0.122. The molecule has 1 atom stereocenters. The number of ether oxygens (including phenoxy) is 1. The quantitative estimate of drug-likeness (QED) is 0.729. The zero-order valence-electron chi connectivity index (χ0n) is 9.95. The highest BCUT2D eigenvalue weighted by atomic mass is 16.5. The first-order valence-corrected chi connectivity index (χ1v) is 6.11. The second-order valence-electron chi connectivity index (χ2n) is 4.47. The third-order valence-electron chi connectivity index (χ3n) is 3.22. The molecule has 0 radical (unpaired) electrons. The number of amides is 2. The number of rotatable bonds is 2. The molecule has 2 aliphatic rings. The molecule has 0 aromatic rings. The van der Waals surface area contributed by atoms with Crippen molar-refractivity contribution in [2.45, 2.75) is 18.9 Å². The fourth-order valence-electron chi connectivity index (χ4n) is 2.35. The van der Waals surface area contributed by atoms with Crippen LogP contribution in [0.1, 0.15) is 12.8 Å². The monoisotopic (exact) mass is 227 g/mol. The standard InChI is InChI=1S/C11H21N3O2/c1-12-8-10-9-14(6-7-16-10)11(15)13-4-2-3-5-13/h10,12H,2-9H2,1H3. The minimum Gasteiger partial charge on any atom is -0.373 e. The maximum absolute atomic E-state index is 12.1. The van der Waals surface area contributed by atoms with E-state index in [1.54, 1.807) is 0 Å². The average Bonchev–Trinajstić information content (AvgIpc) is 2.82. The zero-order valence-corrected chi connectivity index (χ0v) is 9.95. The van der Waals surface area contributed by atoms with E-state index in [0.29, 0.717) is 6.61 Å². The Kier molecular flexibility index (Phi) is 4.01. The van der Waals surface area contributed by atoms with Crippen molar-refractivity contribution in [2.24, 2.45) is 0 Å². The molecule has 1 N–H and O–H groups in total. The van der Waals surface area contributed by atoms with Crippen LogP contribution in [-0.4, -0.2) is 68.3 Å². The van der Waals surface area contributed by atoms with Gasteiger partial charge in [-0.2, -0.15) is 0 Å². The number of nitrogens with zero attached hydrogens (tertiary/aromatic N) is 2. The van der Waals surface area contributed by atoms with E-state index >= 15 is 0 Å². The van der Waals surface area contributed by atoms with Crippen molar-refractivity contribution in [1.29, 1.82) is 0 Å². The second kappa shape index (κ2) is 5.50. The Morgan fingerprint density at radius 3 is 2.75 bits per heavy atom. The van der Waals surface area contributed by atoms with Crippen LogP contribution >= 0.6 is 0 Å². The van der Waals surface area contributed by atoms with Gasteiger partial charge in [0.15, 0.2) is 0 Å². The van der Waals surface area contributed by atoms with Crippen molar-refractivity contribution in [2.75, 3.05) is 46.4 Å². The van der Waals surface area contributed by atoms with Crippen molar-refractivity contribution in [3.8, 4) is 0 Å². The van der Waals surface area contributed by atoms with Gasteiger partial charge < -0.3 is 19.9 Å². The first-order chi connectivity index (χ1) is 7.81. The van der Waals surface area contributed by atoms with Gasteiger partial charge in [0.25, 0.3) is 0 Å². The molecule has 2 fully saturated rings. The molecule has 2 aliphatic heterocycles. The topological polar surface area (TPSA) is 44.8 Å². The number of likely N-dealkylation sites (tertiary alicyclic amines) is 1. The minimum atomic E-state index is 0.144. The van der Waals surface area contributed by atoms with Crippen molar-refractivity contribution < 1.29 is 9.53 Å². The summed E-state index contributed by atoms with van der Waals surface area (Å²) in [6.45, 7) is 4.77. The fourth-order valence-corrected chi connectivity index (χ4v) is 2.35. The molecule has 2 saturated heterocycles. The third kappa shape index (κ3) is 2.65. The van der Waals surface area contributed by atoms with E-state index in [9.17, 15) is 4.79 Å². The van der Waals surface area contributed by atoms with Crippen LogP contribution in [0.25, 0.3) is 0 Å². The summed E-state index contributed by atoms with van der Waals surface area (Å²) < 4.78 is 5.59. The lowest BCUT2D eigenvalue weighted by atomic mass is 10.3. The first-order valence-electron chi connectivity index (χ1n) is 6.11. The number of hydrogen-bond donors (Lipinski definition) is 1. The average molecular weight is 227 g/mol. The van der Waals surface area contributed by atoms with Gasteiger partial charge in [0.05, 0.1) is 12.7 Å². The van der Waals surface area contributed by atoms with E-state index in [2.05, 4.69) is 5.32 Å². The predicted molar refractivity (Wildman–Crippen MR) is 61.4 cm³/mol. The Labute approximate surface area is 96.7 Å². The van der Waals surface area contributed by atoms with Gasteiger partial charge in [0, 0.05) is 32.7 Å². The van der Waals surface area contributed by atoms with Crippen molar-refractivity contribution in [3.05, 3.63) is 0 Å². The molecule has 92 valence electrons. The molecule has 5 nitrogen and oxygen atoms in total. The molecule has 0 aliphatic carbocycles. The van der Waals surface area contributed by atoms with E-state index in [1.165, 1.54) is 0 Å². The van der Waals surface area contributed by atoms with Crippen LogP contribution in [0.15, 0.2) is 0 Å². The Hall–Kier alpha value is -0.810. The molecule has 2 heterocycles. The zero-order chi connectivity index (χ0) is 11.4. The summed E-state index contributed by atoms with van der Waals surface area (Å²) >= 11 is 0. The number of urea groups is 1. The number of hydrogen-bond acceptors (Lipinski definition) is 3. The fraction of sp³-hybridized carbons (Fsp3) is 0.909. The molecule has 16 heavy (non-hydrogen) atoms. The van der Waals surface area contributed by atoms with Crippen LogP contribution in [0.4, 0.5) is 4.79 Å². The summed E-state index contributed by atoms with van der Waals surface area (Å²) in [6.07, 6.45) is 2.44. The van der Waals surface area contributed by atoms with Crippen LogP contribution in [0.5, 0.6) is 0 Å². The molecule has 0 bridgehead atoms. The SMILES string of the molecule is CNCC1CN(C(=O)N2CCCC2)CCO1. The van der Waals surface area contributed by atoms with Crippen LogP contribution < -0.4 is 5.32 Å². The Bertz CT molecular complexity index is 239. The molecule has 0 saturated carbocycles. The Morgan fingerprint density at radius 2 is 2.06 bits per heavy atom. The molecule has 5 heteroatoms. The van der Waals surface area contributed by atoms with Crippen LogP contribution in [-0.2, 0) is 4.74 Å². The smallest absolute Gasteiger partial charge is 0.320 e. The molecule has 0 spiro atoms. The maximum Gasteiger partial charge on any atom is 0.320 e. The van der Waals surface area contributed by atoms with E-state index in [-0.39, 0.29) is 12.1 Å². The van der Waals surface area contributed by atoms with Gasteiger partial charge in [-0.05, 0) is 19.9 Å². The van der Waals surface area contributed by atoms with Crippen molar-refractivity contribution in [1.82, 2.24) is 15.1 Å². The number of morpholine rings is 1. The first kappa shape index (κ1) is 11.7. The maximum atomic E-state index is 12.1. The van der Waals surface area contributed by atoms with E-state index < -0.39 is 0 Å². The summed E-state index contributed by atoms with van der Waals surface area (Å²) in [5.41, 5.74) is 0. The van der Waals surface area contributed by atoms with E-state index in [1.807, 2.05) is 16.8 Å². The molecule has 0 aromatic heterocycles. The summed E-state index contributed by atoms with van der Waals surface area (Å²) in [6, 6.07) is 0.196. The Morgan fingerprint density at radius 1 is 1.31 bits per heavy atom.